The third-order valence-corrected chi connectivity index (χ3v) is 3.34. The van der Waals surface area contributed by atoms with Gasteiger partial charge in [-0.2, -0.15) is 4.98 Å². The first kappa shape index (κ1) is 13.0. The first-order valence-electron chi connectivity index (χ1n) is 5.76. The highest BCUT2D eigenvalue weighted by atomic mass is 19.1. The number of nitrogen functional groups attached to an aromatic ring is 1. The van der Waals surface area contributed by atoms with E-state index in [1.807, 2.05) is 0 Å². The lowest BCUT2D eigenvalue weighted by Crippen LogP contribution is -2.42. The molecule has 1 aromatic rings. The Morgan fingerprint density at radius 2 is 2.56 bits per heavy atom. The second-order valence-electron chi connectivity index (χ2n) is 4.49. The van der Waals surface area contributed by atoms with Crippen LogP contribution in [-0.2, 0) is 4.74 Å². The summed E-state index contributed by atoms with van der Waals surface area (Å²) in [7, 11) is 0. The summed E-state index contributed by atoms with van der Waals surface area (Å²) in [6.07, 6.45) is 0.329. The van der Waals surface area contributed by atoms with E-state index >= 15 is 0 Å². The molecular weight excluding hydrogens is 241 g/mol. The molecule has 18 heavy (non-hydrogen) atoms. The Morgan fingerprint density at radius 3 is 3.06 bits per heavy atom. The summed E-state index contributed by atoms with van der Waals surface area (Å²) in [6, 6.07) is 1.47. The van der Waals surface area contributed by atoms with Gasteiger partial charge in [0.2, 0.25) is 0 Å². The predicted octanol–water partition coefficient (Wildman–Crippen LogP) is 0.224. The van der Waals surface area contributed by atoms with Crippen LogP contribution in [0.2, 0.25) is 0 Å². The second-order valence-corrected chi connectivity index (χ2v) is 4.49. The van der Waals surface area contributed by atoms with Crippen LogP contribution in [0.3, 0.4) is 0 Å². The van der Waals surface area contributed by atoms with E-state index in [0.29, 0.717) is 12.8 Å². The van der Waals surface area contributed by atoms with E-state index in [-0.39, 0.29) is 5.82 Å². The van der Waals surface area contributed by atoms with Crippen molar-refractivity contribution in [2.24, 2.45) is 0 Å². The Balaban J connectivity index is 2.25. The molecule has 1 aliphatic heterocycles. The van der Waals surface area contributed by atoms with Crippen LogP contribution in [0.1, 0.15) is 26.0 Å². The van der Waals surface area contributed by atoms with Gasteiger partial charge in [0, 0.05) is 6.20 Å². The van der Waals surface area contributed by atoms with Crippen molar-refractivity contribution in [2.75, 3.05) is 12.3 Å². The minimum absolute atomic E-state index is 0.126. The molecule has 0 spiro atoms. The maximum Gasteiger partial charge on any atom is 0.351 e. The predicted molar refractivity (Wildman–Crippen MR) is 62.7 cm³/mol. The molecule has 1 unspecified atom stereocenters. The molecule has 3 N–H and O–H groups in total. The first-order valence-corrected chi connectivity index (χ1v) is 5.76. The molecule has 0 aliphatic carbocycles. The van der Waals surface area contributed by atoms with E-state index in [1.54, 1.807) is 0 Å². The van der Waals surface area contributed by atoms with Gasteiger partial charge >= 0.3 is 5.69 Å². The number of aliphatic hydroxyl groups excluding tert-OH is 1. The quantitative estimate of drug-likeness (QED) is 0.808. The van der Waals surface area contributed by atoms with Crippen molar-refractivity contribution in [1.29, 1.82) is 0 Å². The fraction of sp³-hybridized carbons (Fsp3) is 0.636. The van der Waals surface area contributed by atoms with Gasteiger partial charge in [0.15, 0.2) is 0 Å². The van der Waals surface area contributed by atoms with Crippen LogP contribution in [0.25, 0.3) is 0 Å². The van der Waals surface area contributed by atoms with Crippen LogP contribution in [0, 0.1) is 0 Å². The SMILES string of the molecule is CC(F)[C@@]1(CO)CC[C@H](n2ccc(N)nc2=O)O1. The van der Waals surface area contributed by atoms with Gasteiger partial charge in [0.25, 0.3) is 0 Å². The van der Waals surface area contributed by atoms with E-state index in [2.05, 4.69) is 4.98 Å². The van der Waals surface area contributed by atoms with Gasteiger partial charge in [0.1, 0.15) is 23.8 Å². The van der Waals surface area contributed by atoms with Crippen molar-refractivity contribution in [1.82, 2.24) is 9.55 Å². The maximum absolute atomic E-state index is 13.5. The summed E-state index contributed by atoms with van der Waals surface area (Å²) in [5.41, 5.74) is 3.62. The Bertz CT molecular complexity index is 491. The van der Waals surface area contributed by atoms with E-state index in [1.165, 1.54) is 23.8 Å². The monoisotopic (exact) mass is 257 g/mol. The maximum atomic E-state index is 13.5. The van der Waals surface area contributed by atoms with Gasteiger partial charge in [-0.15, -0.1) is 0 Å². The number of ether oxygens (including phenoxy) is 1. The Morgan fingerprint density at radius 1 is 1.83 bits per heavy atom. The number of hydrogen-bond acceptors (Lipinski definition) is 5. The van der Waals surface area contributed by atoms with Gasteiger partial charge in [-0.1, -0.05) is 0 Å². The van der Waals surface area contributed by atoms with Crippen molar-refractivity contribution in [3.05, 3.63) is 22.7 Å². The molecular formula is C11H16FN3O3. The average Bonchev–Trinajstić information content (AvgIpc) is 2.74. The molecule has 0 aromatic carbocycles. The lowest BCUT2D eigenvalue weighted by atomic mass is 9.96. The zero-order chi connectivity index (χ0) is 13.3. The number of aliphatic hydroxyl groups is 1. The molecule has 1 aromatic heterocycles. The van der Waals surface area contributed by atoms with Crippen molar-refractivity contribution in [2.45, 2.75) is 37.8 Å². The number of halogens is 1. The van der Waals surface area contributed by atoms with Crippen molar-refractivity contribution >= 4 is 5.82 Å². The van der Waals surface area contributed by atoms with E-state index in [4.69, 9.17) is 10.5 Å². The lowest BCUT2D eigenvalue weighted by molar-refractivity contribution is -0.132. The molecule has 0 saturated carbocycles. The minimum Gasteiger partial charge on any atom is -0.393 e. The van der Waals surface area contributed by atoms with Crippen LogP contribution in [-0.4, -0.2) is 33.0 Å². The van der Waals surface area contributed by atoms with Gasteiger partial charge < -0.3 is 15.6 Å². The van der Waals surface area contributed by atoms with Crippen LogP contribution < -0.4 is 11.4 Å². The number of alkyl halides is 1. The van der Waals surface area contributed by atoms with E-state index in [0.717, 1.165) is 0 Å². The number of hydrogen-bond donors (Lipinski definition) is 2. The molecule has 0 bridgehead atoms. The summed E-state index contributed by atoms with van der Waals surface area (Å²) in [5, 5.41) is 9.28. The average molecular weight is 257 g/mol. The number of nitrogens with zero attached hydrogens (tertiary/aromatic N) is 2. The Kier molecular flexibility index (Phi) is 3.36. The fourth-order valence-electron chi connectivity index (χ4n) is 2.13. The van der Waals surface area contributed by atoms with Crippen molar-refractivity contribution < 1.29 is 14.2 Å². The minimum atomic E-state index is -1.31. The van der Waals surface area contributed by atoms with Crippen LogP contribution in [0.15, 0.2) is 17.1 Å². The molecule has 7 heteroatoms. The normalized spacial score (nSPS) is 29.4. The summed E-state index contributed by atoms with van der Waals surface area (Å²) < 4.78 is 20.3. The summed E-state index contributed by atoms with van der Waals surface area (Å²) >= 11 is 0. The molecule has 1 fully saturated rings. The zero-order valence-corrected chi connectivity index (χ0v) is 10.0. The van der Waals surface area contributed by atoms with Gasteiger partial charge in [0.05, 0.1) is 6.61 Å². The highest BCUT2D eigenvalue weighted by molar-refractivity contribution is 5.23. The van der Waals surface area contributed by atoms with Crippen LogP contribution >= 0.6 is 0 Å². The topological polar surface area (TPSA) is 90.4 Å². The molecule has 2 heterocycles. The third kappa shape index (κ3) is 2.11. The van der Waals surface area contributed by atoms with Gasteiger partial charge in [-0.3, -0.25) is 4.57 Å². The van der Waals surface area contributed by atoms with E-state index < -0.39 is 30.3 Å². The van der Waals surface area contributed by atoms with Crippen LogP contribution in [0.4, 0.5) is 10.2 Å². The summed E-state index contributed by atoms with van der Waals surface area (Å²) in [5.74, 6) is 0.126. The highest BCUT2D eigenvalue weighted by Gasteiger charge is 2.45. The third-order valence-electron chi connectivity index (χ3n) is 3.34. The molecule has 2 rings (SSSR count). The largest absolute Gasteiger partial charge is 0.393 e. The standard InChI is InChI=1S/C11H16FN3O3/c1-7(12)11(6-16)4-2-9(18-11)15-5-3-8(13)14-10(15)17/h3,5,7,9,16H,2,4,6H2,1H3,(H2,13,14,17)/t7?,9-,11+/m1/s1. The molecule has 1 saturated heterocycles. The Labute approximate surface area is 103 Å². The molecule has 6 nitrogen and oxygen atoms in total. The van der Waals surface area contributed by atoms with Crippen molar-refractivity contribution in [3.8, 4) is 0 Å². The van der Waals surface area contributed by atoms with Crippen LogP contribution in [0.5, 0.6) is 0 Å². The number of anilines is 1. The Hall–Kier alpha value is -1.47. The van der Waals surface area contributed by atoms with Gasteiger partial charge in [-0.05, 0) is 25.8 Å². The molecule has 0 amide bonds. The molecule has 3 atom stereocenters. The molecule has 100 valence electrons. The fourth-order valence-corrected chi connectivity index (χ4v) is 2.13. The summed E-state index contributed by atoms with van der Waals surface area (Å²) in [6.45, 7) is 0.918. The number of aromatic nitrogens is 2. The first-order chi connectivity index (χ1) is 8.48. The van der Waals surface area contributed by atoms with Crippen molar-refractivity contribution in [3.63, 3.8) is 0 Å². The highest BCUT2D eigenvalue weighted by Crippen LogP contribution is 2.38. The second kappa shape index (κ2) is 4.66. The molecule has 0 radical (unpaired) electrons. The molecule has 1 aliphatic rings. The number of rotatable bonds is 3. The zero-order valence-electron chi connectivity index (χ0n) is 10.0. The summed E-state index contributed by atoms with van der Waals surface area (Å²) in [4.78, 5) is 15.2. The smallest absolute Gasteiger partial charge is 0.351 e. The number of nitrogens with two attached hydrogens (primary N) is 1. The lowest BCUT2D eigenvalue weighted by Gasteiger charge is -2.28. The van der Waals surface area contributed by atoms with E-state index in [9.17, 15) is 14.3 Å². The van der Waals surface area contributed by atoms with Gasteiger partial charge in [-0.25, -0.2) is 9.18 Å².